The Morgan fingerprint density at radius 3 is 2.67 bits per heavy atom. The predicted molar refractivity (Wildman–Crippen MR) is 69.0 cm³/mol. The van der Waals surface area contributed by atoms with Gasteiger partial charge in [-0.25, -0.2) is 0 Å². The normalized spacial score (nSPS) is 9.89. The van der Waals surface area contributed by atoms with Crippen LogP contribution in [0, 0.1) is 18.8 Å². The van der Waals surface area contributed by atoms with Crippen LogP contribution in [-0.4, -0.2) is 21.9 Å². The van der Waals surface area contributed by atoms with Gasteiger partial charge in [-0.1, -0.05) is 35.7 Å². The van der Waals surface area contributed by atoms with Gasteiger partial charge >= 0.3 is 0 Å². The smallest absolute Gasteiger partial charge is 0.276 e. The molecule has 0 saturated heterocycles. The van der Waals surface area contributed by atoms with Crippen molar-refractivity contribution < 1.29 is 9.52 Å². The summed E-state index contributed by atoms with van der Waals surface area (Å²) in [6.07, 6.45) is 0. The van der Waals surface area contributed by atoms with Crippen LogP contribution in [0.3, 0.4) is 0 Å². The molecule has 2 rings (SSSR count). The van der Waals surface area contributed by atoms with Crippen molar-refractivity contribution >= 4 is 11.8 Å². The molecule has 0 saturated carbocycles. The predicted octanol–water partition coefficient (Wildman–Crippen LogP) is 2.01. The number of aromatic nitrogens is 2. The van der Waals surface area contributed by atoms with Crippen molar-refractivity contribution in [3.8, 4) is 11.8 Å². The first-order valence-electron chi connectivity index (χ1n) is 5.39. The van der Waals surface area contributed by atoms with E-state index < -0.39 is 0 Å². The summed E-state index contributed by atoms with van der Waals surface area (Å²) in [5.41, 5.74) is 2.05. The van der Waals surface area contributed by atoms with E-state index in [0.717, 1.165) is 16.9 Å². The summed E-state index contributed by atoms with van der Waals surface area (Å²) in [6, 6.07) is 7.85. The Morgan fingerprint density at radius 2 is 2.06 bits per heavy atom. The van der Waals surface area contributed by atoms with Gasteiger partial charge in [-0.15, -0.1) is 10.2 Å². The molecule has 0 radical (unpaired) electrons. The molecule has 0 atom stereocenters. The van der Waals surface area contributed by atoms with Gasteiger partial charge in [-0.2, -0.15) is 0 Å². The van der Waals surface area contributed by atoms with Gasteiger partial charge < -0.3 is 9.52 Å². The van der Waals surface area contributed by atoms with Crippen molar-refractivity contribution in [1.82, 2.24) is 10.2 Å². The highest BCUT2D eigenvalue weighted by molar-refractivity contribution is 7.98. The maximum absolute atomic E-state index is 8.59. The van der Waals surface area contributed by atoms with E-state index in [9.17, 15) is 0 Å². The molecule has 1 aromatic carbocycles. The summed E-state index contributed by atoms with van der Waals surface area (Å²) < 4.78 is 5.27. The molecule has 92 valence electrons. The summed E-state index contributed by atoms with van der Waals surface area (Å²) in [4.78, 5) is 0. The zero-order chi connectivity index (χ0) is 12.8. The largest absolute Gasteiger partial charge is 0.416 e. The summed E-state index contributed by atoms with van der Waals surface area (Å²) in [7, 11) is 0. The van der Waals surface area contributed by atoms with Gasteiger partial charge in [-0.05, 0) is 17.7 Å². The summed E-state index contributed by atoms with van der Waals surface area (Å²) in [5, 5.41) is 16.9. The SMILES string of the molecule is Cc1nnc(SCc2ccc(C#CCO)cc2)o1. The van der Waals surface area contributed by atoms with E-state index in [1.54, 1.807) is 6.92 Å². The molecule has 0 bridgehead atoms. The second-order valence-electron chi connectivity index (χ2n) is 3.53. The van der Waals surface area contributed by atoms with Crippen LogP contribution in [0.5, 0.6) is 0 Å². The minimum atomic E-state index is -0.117. The topological polar surface area (TPSA) is 59.2 Å². The van der Waals surface area contributed by atoms with Crippen molar-refractivity contribution in [3.05, 3.63) is 41.3 Å². The van der Waals surface area contributed by atoms with Crippen molar-refractivity contribution in [3.63, 3.8) is 0 Å². The van der Waals surface area contributed by atoms with Crippen LogP contribution in [0.2, 0.25) is 0 Å². The van der Waals surface area contributed by atoms with Gasteiger partial charge in [-0.3, -0.25) is 0 Å². The third-order valence-corrected chi connectivity index (χ3v) is 3.03. The molecule has 0 aliphatic rings. The molecule has 2 aromatic rings. The van der Waals surface area contributed by atoms with E-state index in [0.29, 0.717) is 11.1 Å². The lowest BCUT2D eigenvalue weighted by Crippen LogP contribution is -1.82. The molecule has 0 unspecified atom stereocenters. The molecule has 1 heterocycles. The number of thioether (sulfide) groups is 1. The number of aliphatic hydroxyl groups is 1. The molecule has 0 amide bonds. The monoisotopic (exact) mass is 260 g/mol. The lowest BCUT2D eigenvalue weighted by molar-refractivity contribution is 0.350. The second-order valence-corrected chi connectivity index (χ2v) is 4.46. The third kappa shape index (κ3) is 3.62. The van der Waals surface area contributed by atoms with Gasteiger partial charge in [0, 0.05) is 18.2 Å². The van der Waals surface area contributed by atoms with Crippen LogP contribution in [0.1, 0.15) is 17.0 Å². The molecule has 0 aliphatic heterocycles. The Hall–Kier alpha value is -1.77. The van der Waals surface area contributed by atoms with Crippen LogP contribution in [-0.2, 0) is 5.75 Å². The van der Waals surface area contributed by atoms with Gasteiger partial charge in [0.1, 0.15) is 6.61 Å². The average molecular weight is 260 g/mol. The highest BCUT2D eigenvalue weighted by Crippen LogP contribution is 2.21. The maximum Gasteiger partial charge on any atom is 0.276 e. The minimum Gasteiger partial charge on any atom is -0.416 e. The standard InChI is InChI=1S/C13H12N2O2S/c1-10-14-15-13(17-10)18-9-12-6-4-11(5-7-12)3-2-8-16/h4-7,16H,8-9H2,1H3. The van der Waals surface area contributed by atoms with E-state index >= 15 is 0 Å². The van der Waals surface area contributed by atoms with Gasteiger partial charge in [0.2, 0.25) is 5.89 Å². The molecule has 0 spiro atoms. The molecule has 18 heavy (non-hydrogen) atoms. The van der Waals surface area contributed by atoms with Crippen LogP contribution < -0.4 is 0 Å². The number of rotatable bonds is 3. The van der Waals surface area contributed by atoms with E-state index in [-0.39, 0.29) is 6.61 Å². The first kappa shape index (κ1) is 12.7. The molecule has 1 aromatic heterocycles. The van der Waals surface area contributed by atoms with Crippen LogP contribution >= 0.6 is 11.8 Å². The van der Waals surface area contributed by atoms with E-state index in [1.807, 2.05) is 24.3 Å². The number of nitrogens with zero attached hydrogens (tertiary/aromatic N) is 2. The van der Waals surface area contributed by atoms with Crippen molar-refractivity contribution in [1.29, 1.82) is 0 Å². The Morgan fingerprint density at radius 1 is 1.28 bits per heavy atom. The van der Waals surface area contributed by atoms with E-state index in [2.05, 4.69) is 22.0 Å². The summed E-state index contributed by atoms with van der Waals surface area (Å²) >= 11 is 1.50. The fourth-order valence-corrected chi connectivity index (χ4v) is 2.07. The Bertz CT molecular complexity index is 567. The lowest BCUT2D eigenvalue weighted by atomic mass is 10.1. The van der Waals surface area contributed by atoms with E-state index in [1.165, 1.54) is 11.8 Å². The van der Waals surface area contributed by atoms with Crippen LogP contribution in [0.25, 0.3) is 0 Å². The fourth-order valence-electron chi connectivity index (χ4n) is 1.31. The Balaban J connectivity index is 1.94. The number of aryl methyl sites for hydroxylation is 1. The number of aliphatic hydroxyl groups excluding tert-OH is 1. The summed E-state index contributed by atoms with van der Waals surface area (Å²) in [6.45, 7) is 1.65. The van der Waals surface area contributed by atoms with E-state index in [4.69, 9.17) is 9.52 Å². The molecular formula is C13H12N2O2S. The quantitative estimate of drug-likeness (QED) is 0.675. The molecule has 5 heteroatoms. The zero-order valence-electron chi connectivity index (χ0n) is 9.88. The lowest BCUT2D eigenvalue weighted by Gasteiger charge is -1.98. The first-order chi connectivity index (χ1) is 8.78. The van der Waals surface area contributed by atoms with Crippen molar-refractivity contribution in [2.75, 3.05) is 6.61 Å². The Kier molecular flexibility index (Phi) is 4.40. The number of hydrogen-bond acceptors (Lipinski definition) is 5. The molecule has 1 N–H and O–H groups in total. The number of benzene rings is 1. The van der Waals surface area contributed by atoms with Crippen LogP contribution in [0.15, 0.2) is 33.9 Å². The highest BCUT2D eigenvalue weighted by atomic mass is 32.2. The van der Waals surface area contributed by atoms with Gasteiger partial charge in [0.05, 0.1) is 0 Å². The summed E-state index contributed by atoms with van der Waals surface area (Å²) in [5.74, 6) is 6.81. The van der Waals surface area contributed by atoms with Crippen molar-refractivity contribution in [2.24, 2.45) is 0 Å². The fraction of sp³-hybridized carbons (Fsp3) is 0.231. The number of hydrogen-bond donors (Lipinski definition) is 1. The molecular weight excluding hydrogens is 248 g/mol. The second kappa shape index (κ2) is 6.24. The maximum atomic E-state index is 8.59. The average Bonchev–Trinajstić information content (AvgIpc) is 2.81. The molecule has 0 aliphatic carbocycles. The highest BCUT2D eigenvalue weighted by Gasteiger charge is 2.03. The van der Waals surface area contributed by atoms with Gasteiger partial charge in [0.25, 0.3) is 5.22 Å². The molecule has 4 nitrogen and oxygen atoms in total. The zero-order valence-corrected chi connectivity index (χ0v) is 10.7. The van der Waals surface area contributed by atoms with Gasteiger partial charge in [0.15, 0.2) is 0 Å². The third-order valence-electron chi connectivity index (χ3n) is 2.14. The minimum absolute atomic E-state index is 0.117. The molecule has 0 fully saturated rings. The van der Waals surface area contributed by atoms with Crippen LogP contribution in [0.4, 0.5) is 0 Å². The Labute approximate surface area is 109 Å². The first-order valence-corrected chi connectivity index (χ1v) is 6.38. The van der Waals surface area contributed by atoms with Crippen molar-refractivity contribution in [2.45, 2.75) is 17.9 Å².